The molecule has 0 spiro atoms. The van der Waals surface area contributed by atoms with E-state index in [1.54, 1.807) is 31.4 Å². The van der Waals surface area contributed by atoms with Gasteiger partial charge in [-0.2, -0.15) is 0 Å². The van der Waals surface area contributed by atoms with Crippen molar-refractivity contribution in [3.8, 4) is 5.75 Å². The van der Waals surface area contributed by atoms with E-state index in [1.807, 2.05) is 11.8 Å². The highest BCUT2D eigenvalue weighted by molar-refractivity contribution is 5.97. The van der Waals surface area contributed by atoms with Crippen LogP contribution < -0.4 is 15.4 Å². The van der Waals surface area contributed by atoms with Crippen molar-refractivity contribution >= 4 is 17.7 Å². The third-order valence-electron chi connectivity index (χ3n) is 6.34. The van der Waals surface area contributed by atoms with Gasteiger partial charge < -0.3 is 20.3 Å². The SMILES string of the molecule is COc1ccc(C(=O)N[C@@H](C(=O)N[C@@H](C)C(C)C)C2CCN(C(=O)CC(C)(C)C)CC2)cc1. The molecule has 0 saturated carbocycles. The second-order valence-electron chi connectivity index (χ2n) is 10.7. The molecule has 2 rings (SSSR count). The Kier molecular flexibility index (Phi) is 9.32. The molecule has 1 aromatic rings. The zero-order chi connectivity index (χ0) is 24.8. The average Bonchev–Trinajstić information content (AvgIpc) is 2.76. The third kappa shape index (κ3) is 8.06. The van der Waals surface area contributed by atoms with Crippen LogP contribution in [0.4, 0.5) is 0 Å². The molecular weight excluding hydrogens is 418 g/mol. The van der Waals surface area contributed by atoms with Crippen molar-refractivity contribution in [1.82, 2.24) is 15.5 Å². The van der Waals surface area contributed by atoms with Crippen LogP contribution in [0, 0.1) is 17.3 Å². The molecule has 33 heavy (non-hydrogen) atoms. The zero-order valence-corrected chi connectivity index (χ0v) is 21.2. The molecule has 2 N–H and O–H groups in total. The van der Waals surface area contributed by atoms with Crippen LogP contribution in [0.3, 0.4) is 0 Å². The first kappa shape index (κ1) is 26.7. The van der Waals surface area contributed by atoms with E-state index < -0.39 is 6.04 Å². The number of amides is 3. The summed E-state index contributed by atoms with van der Waals surface area (Å²) in [7, 11) is 1.57. The summed E-state index contributed by atoms with van der Waals surface area (Å²) < 4.78 is 5.16. The molecule has 7 heteroatoms. The average molecular weight is 460 g/mol. The van der Waals surface area contributed by atoms with Gasteiger partial charge in [-0.1, -0.05) is 34.6 Å². The molecule has 0 bridgehead atoms. The number of hydrogen-bond acceptors (Lipinski definition) is 4. The number of nitrogens with one attached hydrogen (secondary N) is 2. The number of carbonyl (C=O) groups is 3. The fraction of sp³-hybridized carbons (Fsp3) is 0.654. The van der Waals surface area contributed by atoms with Crippen molar-refractivity contribution in [2.45, 2.75) is 72.9 Å². The van der Waals surface area contributed by atoms with Crippen LogP contribution in [0.15, 0.2) is 24.3 Å². The van der Waals surface area contributed by atoms with Crippen LogP contribution in [0.1, 0.15) is 71.2 Å². The Morgan fingerprint density at radius 3 is 2.09 bits per heavy atom. The van der Waals surface area contributed by atoms with Crippen LogP contribution in [0.25, 0.3) is 0 Å². The number of benzene rings is 1. The van der Waals surface area contributed by atoms with E-state index in [0.717, 1.165) is 0 Å². The Morgan fingerprint density at radius 2 is 1.61 bits per heavy atom. The summed E-state index contributed by atoms with van der Waals surface area (Å²) in [5, 5.41) is 6.03. The quantitative estimate of drug-likeness (QED) is 0.621. The standard InChI is InChI=1S/C26H41N3O4/c1-17(2)18(3)27-25(32)23(28-24(31)20-8-10-21(33-7)11-9-20)19-12-14-29(15-13-19)22(30)16-26(4,5)6/h8-11,17-19,23H,12-16H2,1-7H3,(H,27,32)(H,28,31)/t18-,23+/m0/s1. The number of hydrogen-bond donors (Lipinski definition) is 2. The van der Waals surface area contributed by atoms with E-state index in [1.165, 1.54) is 0 Å². The molecule has 0 aromatic heterocycles. The van der Waals surface area contributed by atoms with Gasteiger partial charge in [-0.3, -0.25) is 14.4 Å². The number of nitrogens with zero attached hydrogens (tertiary/aromatic N) is 1. The summed E-state index contributed by atoms with van der Waals surface area (Å²) in [6.07, 6.45) is 1.85. The van der Waals surface area contributed by atoms with Gasteiger partial charge in [-0.15, -0.1) is 0 Å². The van der Waals surface area contributed by atoms with Crippen molar-refractivity contribution in [1.29, 1.82) is 0 Å². The Morgan fingerprint density at radius 1 is 1.03 bits per heavy atom. The lowest BCUT2D eigenvalue weighted by molar-refractivity contribution is -0.134. The van der Waals surface area contributed by atoms with Crippen LogP contribution in [0.2, 0.25) is 0 Å². The molecule has 1 aromatic carbocycles. The summed E-state index contributed by atoms with van der Waals surface area (Å²) in [6, 6.07) is 6.17. The van der Waals surface area contributed by atoms with E-state index in [4.69, 9.17) is 4.74 Å². The number of piperidine rings is 1. The molecule has 1 aliphatic heterocycles. The van der Waals surface area contributed by atoms with Gasteiger partial charge in [-0.05, 0) is 61.3 Å². The molecule has 1 fully saturated rings. The Bertz CT molecular complexity index is 806. The van der Waals surface area contributed by atoms with E-state index in [2.05, 4.69) is 45.3 Å². The highest BCUT2D eigenvalue weighted by atomic mass is 16.5. The van der Waals surface area contributed by atoms with Gasteiger partial charge in [0.2, 0.25) is 11.8 Å². The number of likely N-dealkylation sites (tertiary alicyclic amines) is 1. The molecule has 184 valence electrons. The normalized spacial score (nSPS) is 16.8. The number of carbonyl (C=O) groups excluding carboxylic acids is 3. The largest absolute Gasteiger partial charge is 0.497 e. The molecule has 1 saturated heterocycles. The second-order valence-corrected chi connectivity index (χ2v) is 10.7. The van der Waals surface area contributed by atoms with E-state index in [9.17, 15) is 14.4 Å². The minimum absolute atomic E-state index is 0.00802. The Hall–Kier alpha value is -2.57. The molecule has 3 amide bonds. The highest BCUT2D eigenvalue weighted by Crippen LogP contribution is 2.25. The van der Waals surface area contributed by atoms with Crippen molar-refractivity contribution < 1.29 is 19.1 Å². The molecule has 1 aliphatic rings. The molecule has 1 heterocycles. The fourth-order valence-electron chi connectivity index (χ4n) is 3.89. The highest BCUT2D eigenvalue weighted by Gasteiger charge is 2.35. The van der Waals surface area contributed by atoms with Gasteiger partial charge >= 0.3 is 0 Å². The van der Waals surface area contributed by atoms with Gasteiger partial charge in [-0.25, -0.2) is 0 Å². The third-order valence-corrected chi connectivity index (χ3v) is 6.34. The van der Waals surface area contributed by atoms with Gasteiger partial charge in [0.25, 0.3) is 5.91 Å². The fourth-order valence-corrected chi connectivity index (χ4v) is 3.89. The summed E-state index contributed by atoms with van der Waals surface area (Å²) in [6.45, 7) is 13.4. The Labute approximate surface area is 198 Å². The van der Waals surface area contributed by atoms with Crippen LogP contribution >= 0.6 is 0 Å². The van der Waals surface area contributed by atoms with Gasteiger partial charge in [0.1, 0.15) is 11.8 Å². The van der Waals surface area contributed by atoms with Crippen LogP contribution in [0.5, 0.6) is 5.75 Å². The summed E-state index contributed by atoms with van der Waals surface area (Å²) in [5.41, 5.74) is 0.415. The minimum atomic E-state index is -0.652. The molecule has 0 radical (unpaired) electrons. The van der Waals surface area contributed by atoms with Gasteiger partial charge in [0.15, 0.2) is 0 Å². The first-order chi connectivity index (χ1) is 15.4. The predicted molar refractivity (Wildman–Crippen MR) is 130 cm³/mol. The van der Waals surface area contributed by atoms with Crippen molar-refractivity contribution in [3.63, 3.8) is 0 Å². The molecule has 0 unspecified atom stereocenters. The minimum Gasteiger partial charge on any atom is -0.497 e. The first-order valence-corrected chi connectivity index (χ1v) is 11.9. The van der Waals surface area contributed by atoms with E-state index >= 15 is 0 Å². The molecule has 7 nitrogen and oxygen atoms in total. The smallest absolute Gasteiger partial charge is 0.251 e. The second kappa shape index (κ2) is 11.5. The summed E-state index contributed by atoms with van der Waals surface area (Å²) in [4.78, 5) is 40.7. The maximum atomic E-state index is 13.2. The van der Waals surface area contributed by atoms with Crippen LogP contribution in [-0.2, 0) is 9.59 Å². The van der Waals surface area contributed by atoms with E-state index in [0.29, 0.717) is 43.7 Å². The zero-order valence-electron chi connectivity index (χ0n) is 21.2. The number of ether oxygens (including phenoxy) is 1. The van der Waals surface area contributed by atoms with Crippen molar-refractivity contribution in [3.05, 3.63) is 29.8 Å². The van der Waals surface area contributed by atoms with E-state index in [-0.39, 0.29) is 41.0 Å². The lowest BCUT2D eigenvalue weighted by atomic mass is 9.86. The molecule has 0 aliphatic carbocycles. The van der Waals surface area contributed by atoms with Gasteiger partial charge in [0, 0.05) is 31.1 Å². The number of methoxy groups -OCH3 is 1. The monoisotopic (exact) mass is 459 g/mol. The first-order valence-electron chi connectivity index (χ1n) is 11.9. The molecule has 2 atom stereocenters. The van der Waals surface area contributed by atoms with Crippen molar-refractivity contribution in [2.24, 2.45) is 17.3 Å². The van der Waals surface area contributed by atoms with Crippen molar-refractivity contribution in [2.75, 3.05) is 20.2 Å². The van der Waals surface area contributed by atoms with Crippen LogP contribution in [-0.4, -0.2) is 54.9 Å². The molecular formula is C26H41N3O4. The number of rotatable bonds is 8. The lowest BCUT2D eigenvalue weighted by Gasteiger charge is -2.37. The van der Waals surface area contributed by atoms with Gasteiger partial charge in [0.05, 0.1) is 7.11 Å². The summed E-state index contributed by atoms with van der Waals surface area (Å²) in [5.74, 6) is 0.601. The summed E-state index contributed by atoms with van der Waals surface area (Å²) >= 11 is 0. The maximum Gasteiger partial charge on any atom is 0.251 e. The maximum absolute atomic E-state index is 13.2. The lowest BCUT2D eigenvalue weighted by Crippen LogP contribution is -2.55. The predicted octanol–water partition coefficient (Wildman–Crippen LogP) is 3.63. The topological polar surface area (TPSA) is 87.7 Å². The Balaban J connectivity index is 2.11.